The molecule has 0 radical (unpaired) electrons. The molecule has 0 atom stereocenters. The molecule has 1 saturated heterocycles. The number of carbonyl (C=O) groups excluding carboxylic acids is 2. The van der Waals surface area contributed by atoms with E-state index in [0.717, 1.165) is 18.8 Å². The van der Waals surface area contributed by atoms with Crippen molar-refractivity contribution in [2.75, 3.05) is 48.4 Å². The van der Waals surface area contributed by atoms with E-state index in [1.807, 2.05) is 12.1 Å². The van der Waals surface area contributed by atoms with Crippen LogP contribution in [0.1, 0.15) is 20.7 Å². The molecular formula is C25H25N3O6S. The fraction of sp³-hybridized carbons (Fsp3) is 0.200. The predicted octanol–water partition coefficient (Wildman–Crippen LogP) is 3.36. The minimum Gasteiger partial charge on any atom is -0.465 e. The third-order valence-corrected chi connectivity index (χ3v) is 6.82. The van der Waals surface area contributed by atoms with Crippen molar-refractivity contribution in [1.82, 2.24) is 0 Å². The number of benzene rings is 3. The number of carbonyl (C=O) groups is 2. The summed E-state index contributed by atoms with van der Waals surface area (Å²) < 4.78 is 38.5. The number of methoxy groups -OCH3 is 1. The second-order valence-corrected chi connectivity index (χ2v) is 9.49. The topological polar surface area (TPSA) is 114 Å². The van der Waals surface area contributed by atoms with Crippen molar-refractivity contribution in [2.45, 2.75) is 4.90 Å². The standard InChI is InChI=1S/C25H25N3O6S/c1-33-25(30)19-5-2-6-21(16-19)26-24(29)18-4-3-7-23(17-18)35(31,32)27-20-8-10-22(11-9-20)28-12-14-34-15-13-28/h2-11,16-17,27H,12-15H2,1H3,(H,26,29). The summed E-state index contributed by atoms with van der Waals surface area (Å²) >= 11 is 0. The van der Waals surface area contributed by atoms with E-state index in [1.54, 1.807) is 30.3 Å². The van der Waals surface area contributed by atoms with Crippen LogP contribution in [0.3, 0.4) is 0 Å². The van der Waals surface area contributed by atoms with E-state index in [1.165, 1.54) is 37.4 Å². The lowest BCUT2D eigenvalue weighted by Gasteiger charge is -2.28. The highest BCUT2D eigenvalue weighted by atomic mass is 32.2. The third kappa shape index (κ3) is 5.97. The molecule has 3 aromatic carbocycles. The lowest BCUT2D eigenvalue weighted by molar-refractivity contribution is 0.0600. The minimum absolute atomic E-state index is 0.0503. The Bertz CT molecular complexity index is 1320. The molecule has 1 aliphatic heterocycles. The summed E-state index contributed by atoms with van der Waals surface area (Å²) in [6, 6.07) is 19.1. The molecule has 1 aliphatic rings. The second-order valence-electron chi connectivity index (χ2n) is 7.81. The van der Waals surface area contributed by atoms with Gasteiger partial charge in [-0.2, -0.15) is 0 Å². The molecular weight excluding hydrogens is 470 g/mol. The van der Waals surface area contributed by atoms with Gasteiger partial charge < -0.3 is 19.7 Å². The van der Waals surface area contributed by atoms with Crippen molar-refractivity contribution in [3.8, 4) is 0 Å². The molecule has 182 valence electrons. The zero-order valence-electron chi connectivity index (χ0n) is 19.1. The van der Waals surface area contributed by atoms with Gasteiger partial charge in [0.25, 0.3) is 15.9 Å². The second kappa shape index (κ2) is 10.6. The van der Waals surface area contributed by atoms with Crippen LogP contribution in [0.25, 0.3) is 0 Å². The SMILES string of the molecule is COC(=O)c1cccc(NC(=O)c2cccc(S(=O)(=O)Nc3ccc(N4CCOCC4)cc3)c2)c1. The molecule has 1 fully saturated rings. The summed E-state index contributed by atoms with van der Waals surface area (Å²) in [6.07, 6.45) is 0. The van der Waals surface area contributed by atoms with Crippen LogP contribution in [-0.2, 0) is 19.5 Å². The maximum atomic E-state index is 13.0. The first-order valence-corrected chi connectivity index (χ1v) is 12.4. The number of hydrogen-bond donors (Lipinski definition) is 2. The maximum Gasteiger partial charge on any atom is 0.337 e. The van der Waals surface area contributed by atoms with Crippen LogP contribution in [0.5, 0.6) is 0 Å². The van der Waals surface area contributed by atoms with Crippen molar-refractivity contribution < 1.29 is 27.5 Å². The lowest BCUT2D eigenvalue weighted by atomic mass is 10.1. The van der Waals surface area contributed by atoms with Gasteiger partial charge in [-0.15, -0.1) is 0 Å². The van der Waals surface area contributed by atoms with Gasteiger partial charge in [-0.25, -0.2) is 13.2 Å². The van der Waals surface area contributed by atoms with E-state index in [2.05, 4.69) is 19.7 Å². The normalized spacial score (nSPS) is 13.7. The van der Waals surface area contributed by atoms with Crippen molar-refractivity contribution in [1.29, 1.82) is 0 Å². The lowest BCUT2D eigenvalue weighted by Crippen LogP contribution is -2.36. The first-order chi connectivity index (χ1) is 16.9. The van der Waals surface area contributed by atoms with E-state index in [-0.39, 0.29) is 16.0 Å². The maximum absolute atomic E-state index is 13.0. The van der Waals surface area contributed by atoms with Crippen LogP contribution in [0.2, 0.25) is 0 Å². The van der Waals surface area contributed by atoms with Crippen molar-refractivity contribution in [3.63, 3.8) is 0 Å². The molecule has 2 N–H and O–H groups in total. The van der Waals surface area contributed by atoms with Gasteiger partial charge in [0.15, 0.2) is 0 Å². The highest BCUT2D eigenvalue weighted by Gasteiger charge is 2.18. The molecule has 0 bridgehead atoms. The van der Waals surface area contributed by atoms with E-state index >= 15 is 0 Å². The van der Waals surface area contributed by atoms with Crippen LogP contribution >= 0.6 is 0 Å². The molecule has 4 rings (SSSR count). The van der Waals surface area contributed by atoms with E-state index < -0.39 is 21.9 Å². The number of sulfonamides is 1. The quantitative estimate of drug-likeness (QED) is 0.483. The Morgan fingerprint density at radius 3 is 2.29 bits per heavy atom. The largest absolute Gasteiger partial charge is 0.465 e. The zero-order chi connectivity index (χ0) is 24.8. The fourth-order valence-electron chi connectivity index (χ4n) is 3.63. The van der Waals surface area contributed by atoms with Crippen LogP contribution < -0.4 is 14.9 Å². The molecule has 1 heterocycles. The van der Waals surface area contributed by atoms with Crippen molar-refractivity contribution in [2.24, 2.45) is 0 Å². The van der Waals surface area contributed by atoms with Gasteiger partial charge in [0, 0.05) is 35.7 Å². The van der Waals surface area contributed by atoms with Crippen LogP contribution in [-0.4, -0.2) is 53.7 Å². The number of morpholine rings is 1. The minimum atomic E-state index is -3.93. The summed E-state index contributed by atoms with van der Waals surface area (Å²) in [5.41, 5.74) is 2.22. The summed E-state index contributed by atoms with van der Waals surface area (Å²) in [5, 5.41) is 2.67. The Kier molecular flexibility index (Phi) is 7.33. The van der Waals surface area contributed by atoms with Gasteiger partial charge >= 0.3 is 5.97 Å². The number of nitrogens with zero attached hydrogens (tertiary/aromatic N) is 1. The monoisotopic (exact) mass is 495 g/mol. The molecule has 0 aromatic heterocycles. The molecule has 1 amide bonds. The van der Waals surface area contributed by atoms with Gasteiger partial charge in [0.1, 0.15) is 0 Å². The van der Waals surface area contributed by atoms with Crippen LogP contribution in [0, 0.1) is 0 Å². The van der Waals surface area contributed by atoms with E-state index in [0.29, 0.717) is 24.6 Å². The molecule has 10 heteroatoms. The van der Waals surface area contributed by atoms with E-state index in [9.17, 15) is 18.0 Å². The molecule has 0 saturated carbocycles. The average Bonchev–Trinajstić information content (AvgIpc) is 2.89. The Morgan fingerprint density at radius 1 is 0.886 bits per heavy atom. The average molecular weight is 496 g/mol. The van der Waals surface area contributed by atoms with Crippen molar-refractivity contribution >= 4 is 39.0 Å². The number of anilines is 3. The van der Waals surface area contributed by atoms with Gasteiger partial charge in [0.05, 0.1) is 30.8 Å². The Morgan fingerprint density at radius 2 is 1.57 bits per heavy atom. The molecule has 0 spiro atoms. The van der Waals surface area contributed by atoms with Gasteiger partial charge in [-0.05, 0) is 60.7 Å². The highest BCUT2D eigenvalue weighted by Crippen LogP contribution is 2.22. The number of esters is 1. The number of nitrogens with one attached hydrogen (secondary N) is 2. The number of hydrogen-bond acceptors (Lipinski definition) is 7. The highest BCUT2D eigenvalue weighted by molar-refractivity contribution is 7.92. The molecule has 0 unspecified atom stereocenters. The van der Waals surface area contributed by atoms with Crippen LogP contribution in [0.4, 0.5) is 17.1 Å². The molecule has 0 aliphatic carbocycles. The first kappa shape index (κ1) is 24.2. The smallest absolute Gasteiger partial charge is 0.337 e. The number of rotatable bonds is 7. The van der Waals surface area contributed by atoms with Crippen molar-refractivity contribution in [3.05, 3.63) is 83.9 Å². The number of ether oxygens (including phenoxy) is 2. The zero-order valence-corrected chi connectivity index (χ0v) is 19.9. The number of amides is 1. The summed E-state index contributed by atoms with van der Waals surface area (Å²) in [6.45, 7) is 2.89. The third-order valence-electron chi connectivity index (χ3n) is 5.44. The molecule has 35 heavy (non-hydrogen) atoms. The molecule has 9 nitrogen and oxygen atoms in total. The van der Waals surface area contributed by atoms with Gasteiger partial charge in [0.2, 0.25) is 0 Å². The fourth-order valence-corrected chi connectivity index (χ4v) is 4.73. The van der Waals surface area contributed by atoms with Gasteiger partial charge in [-0.3, -0.25) is 9.52 Å². The van der Waals surface area contributed by atoms with Gasteiger partial charge in [-0.1, -0.05) is 12.1 Å². The van der Waals surface area contributed by atoms with Crippen LogP contribution in [0.15, 0.2) is 77.7 Å². The predicted molar refractivity (Wildman–Crippen MR) is 132 cm³/mol. The summed E-state index contributed by atoms with van der Waals surface area (Å²) in [4.78, 5) is 26.6. The Hall–Kier alpha value is -3.89. The van der Waals surface area contributed by atoms with E-state index in [4.69, 9.17) is 4.74 Å². The Labute approximate surface area is 203 Å². The Balaban J connectivity index is 1.46. The molecule has 3 aromatic rings. The first-order valence-electron chi connectivity index (χ1n) is 10.9. The summed E-state index contributed by atoms with van der Waals surface area (Å²) in [7, 11) is -2.66. The summed E-state index contributed by atoms with van der Waals surface area (Å²) in [5.74, 6) is -1.04.